The van der Waals surface area contributed by atoms with Gasteiger partial charge in [0.15, 0.2) is 0 Å². The highest BCUT2D eigenvalue weighted by atomic mass is 35.5. The molecule has 0 aromatic carbocycles. The summed E-state index contributed by atoms with van der Waals surface area (Å²) in [6.45, 7) is 1.28. The molecule has 0 unspecified atom stereocenters. The van der Waals surface area contributed by atoms with Gasteiger partial charge < -0.3 is 15.3 Å². The van der Waals surface area contributed by atoms with Crippen molar-refractivity contribution in [2.24, 2.45) is 0 Å². The first-order valence-corrected chi connectivity index (χ1v) is 7.09. The molecule has 1 heterocycles. The highest BCUT2D eigenvalue weighted by Gasteiger charge is 2.10. The van der Waals surface area contributed by atoms with Crippen molar-refractivity contribution < 1.29 is 14.7 Å². The van der Waals surface area contributed by atoms with Gasteiger partial charge in [-0.2, -0.15) is 0 Å². The third kappa shape index (κ3) is 6.56. The van der Waals surface area contributed by atoms with Crippen LogP contribution in [0.5, 0.6) is 0 Å². The first kappa shape index (κ1) is 15.9. The number of rotatable bonds is 8. The van der Waals surface area contributed by atoms with E-state index in [0.717, 1.165) is 4.88 Å². The Morgan fingerprint density at radius 3 is 2.79 bits per heavy atom. The Morgan fingerprint density at radius 1 is 1.47 bits per heavy atom. The molecule has 0 saturated carbocycles. The van der Waals surface area contributed by atoms with E-state index >= 15 is 0 Å². The molecule has 0 bridgehead atoms. The lowest BCUT2D eigenvalue weighted by molar-refractivity contribution is -0.137. The van der Waals surface area contributed by atoms with E-state index in [1.807, 2.05) is 12.1 Å². The molecule has 0 radical (unpaired) electrons. The Bertz CT molecular complexity index is 436. The number of thiophene rings is 1. The molecule has 1 amide bonds. The number of carboxylic acid groups (broad SMARTS) is 1. The summed E-state index contributed by atoms with van der Waals surface area (Å²) in [4.78, 5) is 24.7. The van der Waals surface area contributed by atoms with Gasteiger partial charge in [0.2, 0.25) is 5.91 Å². The number of carbonyl (C=O) groups excluding carboxylic acids is 1. The molecule has 2 N–H and O–H groups in total. The fourth-order valence-electron chi connectivity index (χ4n) is 1.45. The molecule has 0 fully saturated rings. The molecule has 0 aliphatic rings. The van der Waals surface area contributed by atoms with Crippen LogP contribution in [0.4, 0.5) is 0 Å². The first-order chi connectivity index (χ1) is 8.99. The lowest BCUT2D eigenvalue weighted by Crippen LogP contribution is -2.35. The highest BCUT2D eigenvalue weighted by molar-refractivity contribution is 7.16. The average Bonchev–Trinajstić information content (AvgIpc) is 2.73. The number of nitrogens with one attached hydrogen (secondary N) is 1. The van der Waals surface area contributed by atoms with Gasteiger partial charge in [0.1, 0.15) is 0 Å². The van der Waals surface area contributed by atoms with Gasteiger partial charge in [-0.25, -0.2) is 0 Å². The normalized spacial score (nSPS) is 10.4. The third-order valence-corrected chi connectivity index (χ3v) is 3.68. The van der Waals surface area contributed by atoms with Crippen molar-refractivity contribution in [2.45, 2.75) is 19.4 Å². The van der Waals surface area contributed by atoms with Crippen molar-refractivity contribution in [3.05, 3.63) is 21.3 Å². The summed E-state index contributed by atoms with van der Waals surface area (Å²) in [5.41, 5.74) is 0. The zero-order valence-corrected chi connectivity index (χ0v) is 12.3. The minimum atomic E-state index is -0.820. The second-order valence-corrected chi connectivity index (χ2v) is 5.93. The molecule has 1 aromatic rings. The summed E-state index contributed by atoms with van der Waals surface area (Å²) in [5, 5.41) is 11.4. The number of aliphatic carboxylic acids is 1. The van der Waals surface area contributed by atoms with Crippen LogP contribution in [-0.2, 0) is 16.1 Å². The Hall–Kier alpha value is -1.11. The van der Waals surface area contributed by atoms with Crippen LogP contribution in [-0.4, -0.2) is 42.0 Å². The van der Waals surface area contributed by atoms with Crippen LogP contribution in [0, 0.1) is 0 Å². The fourth-order valence-corrected chi connectivity index (χ4v) is 2.59. The molecule has 0 saturated heterocycles. The summed E-state index contributed by atoms with van der Waals surface area (Å²) < 4.78 is 0.711. The molecule has 0 atom stereocenters. The standard InChI is InChI=1S/C12H17ClN2O3S/c1-15(8-9-4-5-10(13)19-9)11(16)7-14-6-2-3-12(17)18/h4-5,14H,2-3,6-8H2,1H3,(H,17,18). The fraction of sp³-hybridized carbons (Fsp3) is 0.500. The molecule has 0 spiro atoms. The number of likely N-dealkylation sites (N-methyl/N-ethyl adjacent to an activating group) is 1. The van der Waals surface area contributed by atoms with Crippen LogP contribution in [0.1, 0.15) is 17.7 Å². The zero-order chi connectivity index (χ0) is 14.3. The SMILES string of the molecule is CN(Cc1ccc(Cl)s1)C(=O)CNCCCC(=O)O. The Balaban J connectivity index is 2.20. The van der Waals surface area contributed by atoms with Crippen molar-refractivity contribution in [2.75, 3.05) is 20.1 Å². The topological polar surface area (TPSA) is 69.6 Å². The number of hydrogen-bond acceptors (Lipinski definition) is 4. The Labute approximate surface area is 121 Å². The second kappa shape index (κ2) is 8.14. The van der Waals surface area contributed by atoms with Gasteiger partial charge in [0.05, 0.1) is 17.4 Å². The second-order valence-electron chi connectivity index (χ2n) is 4.13. The summed E-state index contributed by atoms with van der Waals surface area (Å²) in [5.74, 6) is -0.848. The van der Waals surface area contributed by atoms with Crippen molar-refractivity contribution in [1.82, 2.24) is 10.2 Å². The Morgan fingerprint density at radius 2 is 2.21 bits per heavy atom. The molecule has 19 heavy (non-hydrogen) atoms. The Kier molecular flexibility index (Phi) is 6.83. The van der Waals surface area contributed by atoms with E-state index in [2.05, 4.69) is 5.32 Å². The smallest absolute Gasteiger partial charge is 0.303 e. The largest absolute Gasteiger partial charge is 0.481 e. The molecular weight excluding hydrogens is 288 g/mol. The number of carboxylic acids is 1. The summed E-state index contributed by atoms with van der Waals surface area (Å²) >= 11 is 7.28. The van der Waals surface area contributed by atoms with Crippen molar-refractivity contribution >= 4 is 34.8 Å². The molecule has 1 aromatic heterocycles. The molecule has 106 valence electrons. The molecule has 0 aliphatic heterocycles. The van der Waals surface area contributed by atoms with E-state index in [4.69, 9.17) is 16.7 Å². The summed E-state index contributed by atoms with van der Waals surface area (Å²) in [7, 11) is 1.73. The van der Waals surface area contributed by atoms with Crippen molar-refractivity contribution in [3.8, 4) is 0 Å². The molecule has 7 heteroatoms. The zero-order valence-electron chi connectivity index (χ0n) is 10.7. The van der Waals surface area contributed by atoms with E-state index in [1.165, 1.54) is 11.3 Å². The minimum Gasteiger partial charge on any atom is -0.481 e. The number of hydrogen-bond donors (Lipinski definition) is 2. The van der Waals surface area contributed by atoms with Crippen LogP contribution in [0.3, 0.4) is 0 Å². The predicted octanol–water partition coefficient (Wildman–Crippen LogP) is 1.81. The van der Waals surface area contributed by atoms with Gasteiger partial charge in [-0.05, 0) is 25.1 Å². The number of halogens is 1. The number of nitrogens with zero attached hydrogens (tertiary/aromatic N) is 1. The average molecular weight is 305 g/mol. The van der Waals surface area contributed by atoms with E-state index in [9.17, 15) is 9.59 Å². The molecular formula is C12H17ClN2O3S. The van der Waals surface area contributed by atoms with Crippen LogP contribution in [0.2, 0.25) is 4.34 Å². The van der Waals surface area contributed by atoms with Crippen molar-refractivity contribution in [3.63, 3.8) is 0 Å². The van der Waals surface area contributed by atoms with E-state index in [0.29, 0.717) is 23.8 Å². The van der Waals surface area contributed by atoms with Gasteiger partial charge in [-0.3, -0.25) is 9.59 Å². The molecule has 0 aliphatic carbocycles. The van der Waals surface area contributed by atoms with Crippen LogP contribution < -0.4 is 5.32 Å². The van der Waals surface area contributed by atoms with Crippen LogP contribution in [0.15, 0.2) is 12.1 Å². The molecule has 5 nitrogen and oxygen atoms in total. The maximum atomic E-state index is 11.8. The number of amides is 1. The lowest BCUT2D eigenvalue weighted by atomic mass is 10.3. The quantitative estimate of drug-likeness (QED) is 0.719. The lowest BCUT2D eigenvalue weighted by Gasteiger charge is -2.16. The maximum absolute atomic E-state index is 11.8. The summed E-state index contributed by atoms with van der Waals surface area (Å²) in [6, 6.07) is 3.71. The minimum absolute atomic E-state index is 0.0279. The van der Waals surface area contributed by atoms with E-state index in [1.54, 1.807) is 11.9 Å². The highest BCUT2D eigenvalue weighted by Crippen LogP contribution is 2.22. The first-order valence-electron chi connectivity index (χ1n) is 5.89. The molecule has 1 rings (SSSR count). The van der Waals surface area contributed by atoms with Gasteiger partial charge in [-0.1, -0.05) is 11.6 Å². The predicted molar refractivity (Wildman–Crippen MR) is 75.5 cm³/mol. The third-order valence-electron chi connectivity index (χ3n) is 2.47. The van der Waals surface area contributed by atoms with Gasteiger partial charge in [0.25, 0.3) is 0 Å². The number of carbonyl (C=O) groups is 2. The maximum Gasteiger partial charge on any atom is 0.303 e. The van der Waals surface area contributed by atoms with Crippen LogP contribution >= 0.6 is 22.9 Å². The van der Waals surface area contributed by atoms with Gasteiger partial charge in [-0.15, -0.1) is 11.3 Å². The monoisotopic (exact) mass is 304 g/mol. The van der Waals surface area contributed by atoms with Gasteiger partial charge in [0, 0.05) is 18.3 Å². The summed E-state index contributed by atoms with van der Waals surface area (Å²) in [6.07, 6.45) is 0.636. The van der Waals surface area contributed by atoms with E-state index < -0.39 is 5.97 Å². The van der Waals surface area contributed by atoms with Gasteiger partial charge >= 0.3 is 5.97 Å². The van der Waals surface area contributed by atoms with Crippen LogP contribution in [0.25, 0.3) is 0 Å². The van der Waals surface area contributed by atoms with Crippen molar-refractivity contribution in [1.29, 1.82) is 0 Å². The van der Waals surface area contributed by atoms with E-state index in [-0.39, 0.29) is 18.9 Å².